The number of aliphatic hydroxyl groups excluding tert-OH is 1. The molecule has 44 heavy (non-hydrogen) atoms. The fourth-order valence-electron chi connectivity index (χ4n) is 3.32. The molecular weight excluding hydrogens is 608 g/mol. The molecule has 0 aromatic carbocycles. The van der Waals surface area contributed by atoms with E-state index in [0.717, 1.165) is 25.6 Å². The number of aliphatic hydroxyl groups is 1. The van der Waals surface area contributed by atoms with Gasteiger partial charge in [0, 0.05) is 50.9 Å². The van der Waals surface area contributed by atoms with Crippen LogP contribution < -0.4 is 21.3 Å². The highest BCUT2D eigenvalue weighted by Crippen LogP contribution is 2.22. The summed E-state index contributed by atoms with van der Waals surface area (Å²) in [7, 11) is 0. The van der Waals surface area contributed by atoms with Gasteiger partial charge in [-0.05, 0) is 6.42 Å². The van der Waals surface area contributed by atoms with E-state index in [4.69, 9.17) is 14.9 Å². The van der Waals surface area contributed by atoms with Crippen molar-refractivity contribution in [2.75, 3.05) is 25.4 Å². The predicted molar refractivity (Wildman–Crippen MR) is 153 cm³/mol. The highest BCUT2D eigenvalue weighted by Gasteiger charge is 2.35. The van der Waals surface area contributed by atoms with Crippen molar-refractivity contribution in [2.45, 2.75) is 78.0 Å². The van der Waals surface area contributed by atoms with Gasteiger partial charge in [-0.3, -0.25) is 33.6 Å². The molecule has 0 aliphatic heterocycles. The Morgan fingerprint density at radius 3 is 1.93 bits per heavy atom. The number of carboxylic acid groups (broad SMARTS) is 2. The topological polar surface area (TPSA) is 272 Å². The highest BCUT2D eigenvalue weighted by molar-refractivity contribution is 8.13. The lowest BCUT2D eigenvalue weighted by Gasteiger charge is -2.29. The molecule has 18 heteroatoms. The molecule has 0 spiro atoms. The summed E-state index contributed by atoms with van der Waals surface area (Å²) in [5.74, 6) is -6.58. The van der Waals surface area contributed by atoms with Crippen molar-refractivity contribution in [1.82, 2.24) is 21.3 Å². The van der Waals surface area contributed by atoms with E-state index in [1.807, 2.05) is 0 Å². The molecule has 0 rings (SSSR count). The Balaban J connectivity index is 4.33. The van der Waals surface area contributed by atoms with Crippen LogP contribution in [0.5, 0.6) is 0 Å². The van der Waals surface area contributed by atoms with Gasteiger partial charge >= 0.3 is 17.9 Å². The predicted octanol–water partition coefficient (Wildman–Crippen LogP) is -1.89. The third-order valence-electron chi connectivity index (χ3n) is 5.71. The number of carbonyl (C=O) groups is 9. The maximum Gasteiger partial charge on any atom is 0.326 e. The zero-order chi connectivity index (χ0) is 34.0. The smallest absolute Gasteiger partial charge is 0.326 e. The van der Waals surface area contributed by atoms with E-state index >= 15 is 0 Å². The number of carbonyl (C=O) groups excluding carboxylic acids is 7. The lowest BCUT2D eigenvalue weighted by Crippen LogP contribution is -2.47. The lowest BCUT2D eigenvalue weighted by molar-refractivity contribution is -0.156. The second-order valence-electron chi connectivity index (χ2n) is 10.3. The zero-order valence-corrected chi connectivity index (χ0v) is 25.7. The van der Waals surface area contributed by atoms with Crippen molar-refractivity contribution >= 4 is 64.2 Å². The number of ether oxygens (including phenoxy) is 1. The Morgan fingerprint density at radius 1 is 0.818 bits per heavy atom. The maximum absolute atomic E-state index is 12.3. The van der Waals surface area contributed by atoms with E-state index in [-0.39, 0.29) is 38.1 Å². The normalized spacial score (nSPS) is 12.9. The van der Waals surface area contributed by atoms with Gasteiger partial charge < -0.3 is 41.3 Å². The number of carboxylic acids is 2. The second-order valence-corrected chi connectivity index (χ2v) is 11.5. The number of amides is 4. The number of hydrogen-bond acceptors (Lipinski definition) is 12. The number of hydrogen-bond donors (Lipinski definition) is 7. The third kappa shape index (κ3) is 17.8. The fourth-order valence-corrected chi connectivity index (χ4v) is 4.01. The van der Waals surface area contributed by atoms with Crippen LogP contribution in [0.15, 0.2) is 0 Å². The zero-order valence-electron chi connectivity index (χ0n) is 24.9. The summed E-state index contributed by atoms with van der Waals surface area (Å²) < 4.78 is 4.98. The van der Waals surface area contributed by atoms with Crippen LogP contribution in [0.1, 0.15) is 59.8 Å². The fraction of sp³-hybridized carbons (Fsp3) is 0.654. The molecule has 7 N–H and O–H groups in total. The van der Waals surface area contributed by atoms with Crippen LogP contribution in [0.25, 0.3) is 0 Å². The molecule has 248 valence electrons. The summed E-state index contributed by atoms with van der Waals surface area (Å²) in [5.41, 5.74) is -1.29. The van der Waals surface area contributed by atoms with Crippen molar-refractivity contribution in [3.8, 4) is 0 Å². The van der Waals surface area contributed by atoms with Crippen molar-refractivity contribution in [3.05, 3.63) is 0 Å². The molecule has 0 unspecified atom stereocenters. The van der Waals surface area contributed by atoms with E-state index < -0.39 is 95.5 Å². The maximum atomic E-state index is 12.3. The molecule has 0 aromatic rings. The molecule has 4 amide bonds. The van der Waals surface area contributed by atoms with E-state index in [0.29, 0.717) is 0 Å². The average molecular weight is 649 g/mol. The second kappa shape index (κ2) is 20.0. The highest BCUT2D eigenvalue weighted by atomic mass is 32.2. The molecule has 0 radical (unpaired) electrons. The van der Waals surface area contributed by atoms with E-state index in [1.165, 1.54) is 13.8 Å². The van der Waals surface area contributed by atoms with Crippen molar-refractivity contribution in [1.29, 1.82) is 0 Å². The molecule has 0 fully saturated rings. The van der Waals surface area contributed by atoms with Crippen molar-refractivity contribution < 1.29 is 63.2 Å². The van der Waals surface area contributed by atoms with Crippen molar-refractivity contribution in [3.63, 3.8) is 0 Å². The van der Waals surface area contributed by atoms with Gasteiger partial charge in [-0.15, -0.1) is 0 Å². The minimum absolute atomic E-state index is 0.0761. The Morgan fingerprint density at radius 2 is 1.39 bits per heavy atom. The molecule has 0 aliphatic rings. The summed E-state index contributed by atoms with van der Waals surface area (Å²) in [4.78, 5) is 104. The molecule has 0 heterocycles. The number of ketones is 1. The molecule has 17 nitrogen and oxygen atoms in total. The van der Waals surface area contributed by atoms with Gasteiger partial charge in [-0.25, -0.2) is 9.59 Å². The van der Waals surface area contributed by atoms with Crippen molar-refractivity contribution in [2.24, 2.45) is 5.41 Å². The first-order valence-corrected chi connectivity index (χ1v) is 14.4. The van der Waals surface area contributed by atoms with Crippen LogP contribution in [0.2, 0.25) is 0 Å². The summed E-state index contributed by atoms with van der Waals surface area (Å²) in [5, 5.41) is 37.2. The van der Waals surface area contributed by atoms with E-state index in [9.17, 15) is 48.3 Å². The van der Waals surface area contributed by atoms with Gasteiger partial charge in [-0.2, -0.15) is 0 Å². The minimum Gasteiger partial charge on any atom is -0.480 e. The number of aliphatic carboxylic acids is 2. The molecule has 0 bridgehead atoms. The molecule has 0 saturated carbocycles. The van der Waals surface area contributed by atoms with Crippen LogP contribution in [-0.4, -0.2) is 111 Å². The Hall–Kier alpha value is -4.06. The Bertz CT molecular complexity index is 1100. The monoisotopic (exact) mass is 648 g/mol. The standard InChI is InChI=1S/C26H40N4O13S/c1-14(31)29-17(24(39)40)6-5-16(33)11-21(36)44-10-9-27-19(34)7-8-28-23(38)22(37)26(3,4)13-43-20(35)12-18(25(41)42)30-15(2)32/h17-18,22,37H,5-13H2,1-4H3,(H,27,34)(H,28,38)(H,29,31)(H,30,32)(H,39,40)(H,41,42)/t17-,18-,22-/m0/s1. The van der Waals surface area contributed by atoms with Gasteiger partial charge in [0.05, 0.1) is 19.4 Å². The lowest BCUT2D eigenvalue weighted by atomic mass is 9.87. The SMILES string of the molecule is CC(=O)N[C@@H](CCC(=O)CC(=O)SCCNC(=O)CCNC(=O)[C@H](O)C(C)(C)COC(=O)C[C@H](NC(C)=O)C(=O)O)C(=O)O. The van der Waals surface area contributed by atoms with Gasteiger partial charge in [-0.1, -0.05) is 25.6 Å². The number of thioether (sulfide) groups is 1. The summed E-state index contributed by atoms with van der Waals surface area (Å²) >= 11 is 0.800. The van der Waals surface area contributed by atoms with Gasteiger partial charge in [0.1, 0.15) is 24.0 Å². The molecule has 0 aliphatic carbocycles. The van der Waals surface area contributed by atoms with Crippen LogP contribution in [-0.2, 0) is 47.9 Å². The van der Waals surface area contributed by atoms with Gasteiger partial charge in [0.25, 0.3) is 0 Å². The van der Waals surface area contributed by atoms with Gasteiger partial charge in [0.2, 0.25) is 23.6 Å². The third-order valence-corrected chi connectivity index (χ3v) is 6.58. The number of nitrogens with one attached hydrogen (secondary N) is 4. The number of esters is 1. The first-order valence-electron chi connectivity index (χ1n) is 13.4. The summed E-state index contributed by atoms with van der Waals surface area (Å²) in [6.07, 6.45) is -3.29. The molecule has 0 aromatic heterocycles. The first kappa shape index (κ1) is 39.9. The van der Waals surface area contributed by atoms with Gasteiger partial charge in [0.15, 0.2) is 5.12 Å². The van der Waals surface area contributed by atoms with E-state index in [1.54, 1.807) is 0 Å². The summed E-state index contributed by atoms with van der Waals surface area (Å²) in [6, 6.07) is -2.74. The largest absolute Gasteiger partial charge is 0.480 e. The summed E-state index contributed by atoms with van der Waals surface area (Å²) in [6.45, 7) is 4.55. The van der Waals surface area contributed by atoms with Crippen LogP contribution >= 0.6 is 11.8 Å². The number of Topliss-reactive ketones (excluding diaryl/α,β-unsaturated/α-hetero) is 1. The quantitative estimate of drug-likeness (QED) is 0.0407. The molecule has 0 saturated heterocycles. The average Bonchev–Trinajstić information content (AvgIpc) is 2.90. The Labute approximate surface area is 257 Å². The molecular formula is C26H40N4O13S. The van der Waals surface area contributed by atoms with Crippen LogP contribution in [0, 0.1) is 5.41 Å². The van der Waals surface area contributed by atoms with Crippen LogP contribution in [0.3, 0.4) is 0 Å². The van der Waals surface area contributed by atoms with E-state index in [2.05, 4.69) is 21.3 Å². The van der Waals surface area contributed by atoms with Crippen LogP contribution in [0.4, 0.5) is 0 Å². The Kier molecular flexibility index (Phi) is 18.2. The minimum atomic E-state index is -1.66. The molecule has 3 atom stereocenters. The number of rotatable bonds is 21. The first-order chi connectivity index (χ1) is 20.3.